The van der Waals surface area contributed by atoms with Crippen LogP contribution >= 0.6 is 27.5 Å². The van der Waals surface area contributed by atoms with E-state index in [0.717, 1.165) is 10.0 Å². The van der Waals surface area contributed by atoms with Crippen LogP contribution in [0.1, 0.15) is 11.6 Å². The van der Waals surface area contributed by atoms with Crippen molar-refractivity contribution < 1.29 is 0 Å². The van der Waals surface area contributed by atoms with Crippen molar-refractivity contribution in [2.75, 3.05) is 20.6 Å². The summed E-state index contributed by atoms with van der Waals surface area (Å²) in [4.78, 5) is 0. The highest BCUT2D eigenvalue weighted by Gasteiger charge is 2.13. The van der Waals surface area contributed by atoms with Gasteiger partial charge in [0.25, 0.3) is 0 Å². The molecular weight excluding hydrogens is 277 g/mol. The number of hydrazine groups is 1. The Morgan fingerprint density at radius 2 is 2.20 bits per heavy atom. The molecule has 1 aromatic carbocycles. The van der Waals surface area contributed by atoms with Crippen molar-refractivity contribution in [1.82, 2.24) is 10.4 Å². The van der Waals surface area contributed by atoms with Gasteiger partial charge in [0.2, 0.25) is 0 Å². The fraction of sp³-hybridized carbons (Fsp3) is 0.400. The summed E-state index contributed by atoms with van der Waals surface area (Å²) < 4.78 is 0.972. The van der Waals surface area contributed by atoms with Gasteiger partial charge in [0.15, 0.2) is 0 Å². The molecule has 0 bridgehead atoms. The molecule has 0 heterocycles. The minimum Gasteiger partial charge on any atom is -0.329 e. The predicted molar refractivity (Wildman–Crippen MR) is 67.8 cm³/mol. The van der Waals surface area contributed by atoms with Gasteiger partial charge in [-0.3, -0.25) is 0 Å². The minimum absolute atomic E-state index is 0.0895. The van der Waals surface area contributed by atoms with Gasteiger partial charge in [0.1, 0.15) is 0 Å². The molecular formula is C10H15BrClN3. The fourth-order valence-electron chi connectivity index (χ4n) is 1.34. The Balaban J connectivity index is 2.91. The van der Waals surface area contributed by atoms with E-state index in [-0.39, 0.29) is 6.04 Å². The van der Waals surface area contributed by atoms with Gasteiger partial charge in [0.05, 0.1) is 6.04 Å². The highest BCUT2D eigenvalue weighted by Crippen LogP contribution is 2.26. The molecule has 0 saturated carbocycles. The third-order valence-corrected chi connectivity index (χ3v) is 2.91. The fourth-order valence-corrected chi connectivity index (χ4v) is 2.30. The van der Waals surface area contributed by atoms with Crippen molar-refractivity contribution in [3.8, 4) is 0 Å². The highest BCUT2D eigenvalue weighted by atomic mass is 79.9. The first kappa shape index (κ1) is 12.9. The maximum atomic E-state index is 5.88. The molecule has 0 amide bonds. The first-order chi connectivity index (χ1) is 7.04. The van der Waals surface area contributed by atoms with Gasteiger partial charge in [-0.25, -0.2) is 10.4 Å². The Hall–Kier alpha value is -0.130. The SMILES string of the molecule is CN(C)NC(CN)c1ccc(Cl)cc1Br. The van der Waals surface area contributed by atoms with Gasteiger partial charge in [-0.2, -0.15) is 0 Å². The lowest BCUT2D eigenvalue weighted by Crippen LogP contribution is -2.38. The number of rotatable bonds is 4. The molecule has 1 rings (SSSR count). The van der Waals surface area contributed by atoms with Gasteiger partial charge in [-0.1, -0.05) is 33.6 Å². The second kappa shape index (κ2) is 5.82. The Morgan fingerprint density at radius 1 is 1.53 bits per heavy atom. The standard InChI is InChI=1S/C10H15BrClN3/c1-15(2)14-10(6-13)8-4-3-7(12)5-9(8)11/h3-5,10,14H,6,13H2,1-2H3. The summed E-state index contributed by atoms with van der Waals surface area (Å²) in [5.74, 6) is 0. The average molecular weight is 293 g/mol. The van der Waals surface area contributed by atoms with Crippen LogP contribution in [-0.2, 0) is 0 Å². The quantitative estimate of drug-likeness (QED) is 0.836. The zero-order valence-electron chi connectivity index (χ0n) is 8.80. The molecule has 15 heavy (non-hydrogen) atoms. The molecule has 5 heteroatoms. The van der Waals surface area contributed by atoms with Crippen LogP contribution in [-0.4, -0.2) is 25.6 Å². The molecule has 84 valence electrons. The van der Waals surface area contributed by atoms with E-state index in [1.165, 1.54) is 0 Å². The van der Waals surface area contributed by atoms with Crippen molar-refractivity contribution in [3.05, 3.63) is 33.3 Å². The van der Waals surface area contributed by atoms with Crippen molar-refractivity contribution in [3.63, 3.8) is 0 Å². The maximum absolute atomic E-state index is 5.88. The van der Waals surface area contributed by atoms with E-state index in [1.807, 2.05) is 37.3 Å². The predicted octanol–water partition coefficient (Wildman–Crippen LogP) is 2.17. The Labute approximate surface area is 104 Å². The monoisotopic (exact) mass is 291 g/mol. The number of hydrogen-bond acceptors (Lipinski definition) is 3. The summed E-state index contributed by atoms with van der Waals surface area (Å²) >= 11 is 9.36. The van der Waals surface area contributed by atoms with Crippen molar-refractivity contribution in [1.29, 1.82) is 0 Å². The van der Waals surface area contributed by atoms with E-state index >= 15 is 0 Å². The number of hydrogen-bond donors (Lipinski definition) is 2. The Kier molecular flexibility index (Phi) is 5.02. The van der Waals surface area contributed by atoms with Crippen LogP contribution in [0.4, 0.5) is 0 Å². The lowest BCUT2D eigenvalue weighted by Gasteiger charge is -2.23. The van der Waals surface area contributed by atoms with Crippen molar-refractivity contribution >= 4 is 27.5 Å². The number of nitrogens with one attached hydrogen (secondary N) is 1. The van der Waals surface area contributed by atoms with E-state index < -0.39 is 0 Å². The van der Waals surface area contributed by atoms with E-state index in [4.69, 9.17) is 17.3 Å². The molecule has 0 saturated heterocycles. The summed E-state index contributed by atoms with van der Waals surface area (Å²) in [6.07, 6.45) is 0. The molecule has 0 aliphatic rings. The van der Waals surface area contributed by atoms with E-state index in [2.05, 4.69) is 21.4 Å². The van der Waals surface area contributed by atoms with Crippen molar-refractivity contribution in [2.24, 2.45) is 5.73 Å². The molecule has 0 aliphatic carbocycles. The smallest absolute Gasteiger partial charge is 0.0597 e. The third-order valence-electron chi connectivity index (χ3n) is 1.99. The topological polar surface area (TPSA) is 41.3 Å². The van der Waals surface area contributed by atoms with Crippen LogP contribution in [0, 0.1) is 0 Å². The molecule has 3 nitrogen and oxygen atoms in total. The molecule has 0 aliphatic heterocycles. The van der Waals surface area contributed by atoms with Gasteiger partial charge >= 0.3 is 0 Å². The number of halogens is 2. The molecule has 1 atom stereocenters. The molecule has 0 spiro atoms. The summed E-state index contributed by atoms with van der Waals surface area (Å²) in [6.45, 7) is 0.526. The van der Waals surface area contributed by atoms with Gasteiger partial charge in [0, 0.05) is 30.1 Å². The molecule has 0 fully saturated rings. The van der Waals surface area contributed by atoms with Crippen LogP contribution in [0.2, 0.25) is 5.02 Å². The molecule has 1 unspecified atom stereocenters. The second-order valence-electron chi connectivity index (χ2n) is 3.48. The second-order valence-corrected chi connectivity index (χ2v) is 4.77. The molecule has 0 radical (unpaired) electrons. The molecule has 1 aromatic rings. The van der Waals surface area contributed by atoms with E-state index in [1.54, 1.807) is 0 Å². The first-order valence-corrected chi connectivity index (χ1v) is 5.80. The normalized spacial score (nSPS) is 13.2. The summed E-state index contributed by atoms with van der Waals surface area (Å²) in [5, 5.41) is 2.60. The maximum Gasteiger partial charge on any atom is 0.0597 e. The number of nitrogens with zero attached hydrogens (tertiary/aromatic N) is 1. The van der Waals surface area contributed by atoms with E-state index in [0.29, 0.717) is 11.6 Å². The van der Waals surface area contributed by atoms with Gasteiger partial charge in [-0.05, 0) is 17.7 Å². The number of benzene rings is 1. The Bertz CT molecular complexity index is 330. The van der Waals surface area contributed by atoms with Crippen LogP contribution < -0.4 is 11.2 Å². The zero-order valence-corrected chi connectivity index (χ0v) is 11.1. The lowest BCUT2D eigenvalue weighted by atomic mass is 10.1. The van der Waals surface area contributed by atoms with Crippen LogP contribution in [0.25, 0.3) is 0 Å². The van der Waals surface area contributed by atoms with Crippen LogP contribution in [0.15, 0.2) is 22.7 Å². The van der Waals surface area contributed by atoms with Crippen molar-refractivity contribution in [2.45, 2.75) is 6.04 Å². The molecule has 3 N–H and O–H groups in total. The lowest BCUT2D eigenvalue weighted by molar-refractivity contribution is 0.245. The zero-order chi connectivity index (χ0) is 11.4. The minimum atomic E-state index is 0.0895. The van der Waals surface area contributed by atoms with Gasteiger partial charge < -0.3 is 5.73 Å². The first-order valence-electron chi connectivity index (χ1n) is 4.63. The summed E-state index contributed by atoms with van der Waals surface area (Å²) in [7, 11) is 3.87. The van der Waals surface area contributed by atoms with Gasteiger partial charge in [-0.15, -0.1) is 0 Å². The average Bonchev–Trinajstić information content (AvgIpc) is 2.14. The van der Waals surface area contributed by atoms with E-state index in [9.17, 15) is 0 Å². The highest BCUT2D eigenvalue weighted by molar-refractivity contribution is 9.10. The summed E-state index contributed by atoms with van der Waals surface area (Å²) in [5.41, 5.74) is 10.1. The summed E-state index contributed by atoms with van der Waals surface area (Å²) in [6, 6.07) is 5.80. The van der Waals surface area contributed by atoms with Crippen LogP contribution in [0.5, 0.6) is 0 Å². The largest absolute Gasteiger partial charge is 0.329 e. The van der Waals surface area contributed by atoms with Crippen LogP contribution in [0.3, 0.4) is 0 Å². The number of nitrogens with two attached hydrogens (primary N) is 1. The third kappa shape index (κ3) is 3.74. The molecule has 0 aromatic heterocycles. The Morgan fingerprint density at radius 3 is 2.67 bits per heavy atom.